The molecular weight excluding hydrogens is 296 g/mol. The summed E-state index contributed by atoms with van der Waals surface area (Å²) in [4.78, 5) is 14.2. The van der Waals surface area contributed by atoms with Crippen molar-refractivity contribution in [3.63, 3.8) is 0 Å². The zero-order valence-electron chi connectivity index (χ0n) is 14.4. The molecule has 0 unspecified atom stereocenters. The van der Waals surface area contributed by atoms with Gasteiger partial charge < -0.3 is 10.2 Å². The van der Waals surface area contributed by atoms with Gasteiger partial charge in [0.15, 0.2) is 0 Å². The van der Waals surface area contributed by atoms with E-state index in [1.54, 1.807) is 11.0 Å². The first-order chi connectivity index (χ1) is 11.7. The number of nitrogens with zero attached hydrogens (tertiary/aromatic N) is 1. The number of carbonyl (C=O) groups is 1. The highest BCUT2D eigenvalue weighted by molar-refractivity contribution is 5.74. The number of hydrogen-bond donors (Lipinski definition) is 1. The molecule has 0 radical (unpaired) electrons. The van der Waals surface area contributed by atoms with Gasteiger partial charge in [-0.1, -0.05) is 66.2 Å². The standard InChI is InChI=1S/C21H26N2O/c1-3-15-23(16-13-19-9-5-4-6-10-19)21(24)22-14-12-20-11-7-8-18(2)17-20/h3-11,17H,1,12-16H2,2H3,(H,22,24). The molecule has 3 nitrogen and oxygen atoms in total. The third-order valence-electron chi connectivity index (χ3n) is 3.92. The van der Waals surface area contributed by atoms with Crippen LogP contribution in [0.25, 0.3) is 0 Å². The van der Waals surface area contributed by atoms with Gasteiger partial charge in [-0.25, -0.2) is 4.79 Å². The first-order valence-corrected chi connectivity index (χ1v) is 8.42. The van der Waals surface area contributed by atoms with Crippen molar-refractivity contribution in [2.45, 2.75) is 19.8 Å². The molecule has 0 aromatic heterocycles. The van der Waals surface area contributed by atoms with E-state index in [4.69, 9.17) is 0 Å². The van der Waals surface area contributed by atoms with Gasteiger partial charge in [-0.05, 0) is 30.9 Å². The molecule has 0 fully saturated rings. The number of rotatable bonds is 8. The van der Waals surface area contributed by atoms with Crippen molar-refractivity contribution in [1.29, 1.82) is 0 Å². The summed E-state index contributed by atoms with van der Waals surface area (Å²) in [6, 6.07) is 18.6. The molecular formula is C21H26N2O. The highest BCUT2D eigenvalue weighted by Gasteiger charge is 2.11. The Morgan fingerprint density at radius 3 is 2.54 bits per heavy atom. The summed E-state index contributed by atoms with van der Waals surface area (Å²) in [5, 5.41) is 3.01. The maximum Gasteiger partial charge on any atom is 0.317 e. The molecule has 2 amide bonds. The van der Waals surface area contributed by atoms with Gasteiger partial charge in [-0.2, -0.15) is 0 Å². The van der Waals surface area contributed by atoms with Crippen LogP contribution in [0, 0.1) is 6.92 Å². The molecule has 0 saturated heterocycles. The summed E-state index contributed by atoms with van der Waals surface area (Å²) in [5.41, 5.74) is 3.73. The molecule has 0 aliphatic carbocycles. The van der Waals surface area contributed by atoms with E-state index in [0.717, 1.165) is 12.8 Å². The van der Waals surface area contributed by atoms with Crippen LogP contribution in [0.1, 0.15) is 16.7 Å². The van der Waals surface area contributed by atoms with Crippen LogP contribution in [-0.2, 0) is 12.8 Å². The minimum absolute atomic E-state index is 0.0292. The van der Waals surface area contributed by atoms with Crippen LogP contribution >= 0.6 is 0 Å². The molecule has 24 heavy (non-hydrogen) atoms. The molecule has 2 aromatic carbocycles. The topological polar surface area (TPSA) is 32.3 Å². The number of aryl methyl sites for hydroxylation is 1. The van der Waals surface area contributed by atoms with Gasteiger partial charge in [0.1, 0.15) is 0 Å². The Morgan fingerprint density at radius 2 is 1.83 bits per heavy atom. The fraction of sp³-hybridized carbons (Fsp3) is 0.286. The minimum atomic E-state index is -0.0292. The van der Waals surface area contributed by atoms with Gasteiger partial charge in [0.2, 0.25) is 0 Å². The summed E-state index contributed by atoms with van der Waals surface area (Å²) in [5.74, 6) is 0. The monoisotopic (exact) mass is 322 g/mol. The smallest absolute Gasteiger partial charge is 0.317 e. The molecule has 126 valence electrons. The average Bonchev–Trinajstić information content (AvgIpc) is 2.59. The van der Waals surface area contributed by atoms with E-state index in [9.17, 15) is 4.79 Å². The normalized spacial score (nSPS) is 10.2. The van der Waals surface area contributed by atoms with Crippen LogP contribution < -0.4 is 5.32 Å². The first kappa shape index (κ1) is 17.8. The maximum atomic E-state index is 12.4. The van der Waals surface area contributed by atoms with Crippen molar-refractivity contribution in [2.75, 3.05) is 19.6 Å². The van der Waals surface area contributed by atoms with Crippen molar-refractivity contribution in [2.24, 2.45) is 0 Å². The molecule has 0 aliphatic heterocycles. The van der Waals surface area contributed by atoms with Crippen LogP contribution in [0.4, 0.5) is 4.79 Å². The summed E-state index contributed by atoms with van der Waals surface area (Å²) in [6.45, 7) is 7.72. The zero-order chi connectivity index (χ0) is 17.2. The summed E-state index contributed by atoms with van der Waals surface area (Å²) in [6.07, 6.45) is 3.46. The predicted octanol–water partition coefficient (Wildman–Crippen LogP) is 3.98. The molecule has 0 spiro atoms. The van der Waals surface area contributed by atoms with Crippen molar-refractivity contribution >= 4 is 6.03 Å². The summed E-state index contributed by atoms with van der Waals surface area (Å²) < 4.78 is 0. The third-order valence-corrected chi connectivity index (χ3v) is 3.92. The molecule has 2 rings (SSSR count). The Kier molecular flexibility index (Phi) is 7.09. The predicted molar refractivity (Wildman–Crippen MR) is 100 cm³/mol. The molecule has 0 atom stereocenters. The van der Waals surface area contributed by atoms with Gasteiger partial charge in [0.25, 0.3) is 0 Å². The Bertz CT molecular complexity index is 652. The first-order valence-electron chi connectivity index (χ1n) is 8.42. The van der Waals surface area contributed by atoms with E-state index in [2.05, 4.69) is 55.2 Å². The largest absolute Gasteiger partial charge is 0.338 e. The lowest BCUT2D eigenvalue weighted by Crippen LogP contribution is -2.41. The lowest BCUT2D eigenvalue weighted by Gasteiger charge is -2.21. The lowest BCUT2D eigenvalue weighted by molar-refractivity contribution is 0.204. The van der Waals surface area contributed by atoms with Crippen LogP contribution in [-0.4, -0.2) is 30.6 Å². The third kappa shape index (κ3) is 5.92. The Hall–Kier alpha value is -2.55. The van der Waals surface area contributed by atoms with Crippen molar-refractivity contribution in [3.8, 4) is 0 Å². The van der Waals surface area contributed by atoms with Gasteiger partial charge in [0.05, 0.1) is 0 Å². The zero-order valence-corrected chi connectivity index (χ0v) is 14.4. The number of amides is 2. The van der Waals surface area contributed by atoms with E-state index >= 15 is 0 Å². The number of nitrogens with one attached hydrogen (secondary N) is 1. The highest BCUT2D eigenvalue weighted by Crippen LogP contribution is 2.05. The lowest BCUT2D eigenvalue weighted by atomic mass is 10.1. The highest BCUT2D eigenvalue weighted by atomic mass is 16.2. The minimum Gasteiger partial charge on any atom is -0.338 e. The fourth-order valence-electron chi connectivity index (χ4n) is 2.63. The number of carbonyl (C=O) groups excluding carboxylic acids is 1. The molecule has 3 heteroatoms. The van der Waals surface area contributed by atoms with E-state index in [1.807, 2.05) is 18.2 Å². The van der Waals surface area contributed by atoms with Crippen molar-refractivity contribution in [3.05, 3.63) is 83.9 Å². The average molecular weight is 322 g/mol. The maximum absolute atomic E-state index is 12.4. The van der Waals surface area contributed by atoms with Gasteiger partial charge >= 0.3 is 6.03 Å². The van der Waals surface area contributed by atoms with Gasteiger partial charge in [-0.3, -0.25) is 0 Å². The number of urea groups is 1. The van der Waals surface area contributed by atoms with Crippen molar-refractivity contribution in [1.82, 2.24) is 10.2 Å². The molecule has 2 aromatic rings. The van der Waals surface area contributed by atoms with E-state index in [0.29, 0.717) is 19.6 Å². The van der Waals surface area contributed by atoms with E-state index in [-0.39, 0.29) is 6.03 Å². The summed E-state index contributed by atoms with van der Waals surface area (Å²) >= 11 is 0. The molecule has 0 saturated carbocycles. The molecule has 1 N–H and O–H groups in total. The fourth-order valence-corrected chi connectivity index (χ4v) is 2.63. The van der Waals surface area contributed by atoms with Crippen LogP contribution in [0.5, 0.6) is 0 Å². The van der Waals surface area contributed by atoms with Crippen LogP contribution in [0.15, 0.2) is 67.3 Å². The summed E-state index contributed by atoms with van der Waals surface area (Å²) in [7, 11) is 0. The second-order valence-corrected chi connectivity index (χ2v) is 5.94. The van der Waals surface area contributed by atoms with Gasteiger partial charge in [-0.15, -0.1) is 6.58 Å². The van der Waals surface area contributed by atoms with Crippen LogP contribution in [0.3, 0.4) is 0 Å². The number of benzene rings is 2. The van der Waals surface area contributed by atoms with E-state index in [1.165, 1.54) is 16.7 Å². The number of hydrogen-bond acceptors (Lipinski definition) is 1. The van der Waals surface area contributed by atoms with Crippen LogP contribution in [0.2, 0.25) is 0 Å². The Balaban J connectivity index is 1.81. The van der Waals surface area contributed by atoms with E-state index < -0.39 is 0 Å². The molecule has 0 heterocycles. The van der Waals surface area contributed by atoms with Crippen molar-refractivity contribution < 1.29 is 4.79 Å². The SMILES string of the molecule is C=CCN(CCc1ccccc1)C(=O)NCCc1cccc(C)c1. The Morgan fingerprint density at radius 1 is 1.08 bits per heavy atom. The van der Waals surface area contributed by atoms with Gasteiger partial charge in [0, 0.05) is 19.6 Å². The Labute approximate surface area is 145 Å². The second-order valence-electron chi connectivity index (χ2n) is 5.94. The second kappa shape index (κ2) is 9.56. The molecule has 0 bridgehead atoms. The molecule has 0 aliphatic rings. The quantitative estimate of drug-likeness (QED) is 0.733.